The van der Waals surface area contributed by atoms with E-state index >= 15 is 0 Å². The molecular weight excluding hydrogens is 164 g/mol. The van der Waals surface area contributed by atoms with Gasteiger partial charge in [-0.1, -0.05) is 17.7 Å². The smallest absolute Gasteiger partial charge is 0.0374 e. The van der Waals surface area contributed by atoms with Crippen LogP contribution in [0.3, 0.4) is 0 Å². The summed E-state index contributed by atoms with van der Waals surface area (Å²) >= 11 is 1.85. The highest BCUT2D eigenvalue weighted by Gasteiger charge is 2.02. The molecule has 0 N–H and O–H groups in total. The molecule has 1 heteroatoms. The van der Waals surface area contributed by atoms with E-state index in [-0.39, 0.29) is 0 Å². The summed E-state index contributed by atoms with van der Waals surface area (Å²) in [7, 11) is 0. The lowest BCUT2D eigenvalue weighted by atomic mass is 10.1. The second-order valence-electron chi connectivity index (χ2n) is 3.38. The zero-order valence-corrected chi connectivity index (χ0v) is 8.46. The van der Waals surface area contributed by atoms with Crippen LogP contribution in [0, 0.1) is 20.8 Å². The standard InChI is InChI=1S/C11H12S/c1-7-4-8(2)11-10(5-7)9(3)6-12-11/h4-6H,1-3H3. The maximum Gasteiger partial charge on any atom is 0.0374 e. The summed E-state index contributed by atoms with van der Waals surface area (Å²) in [6, 6.07) is 4.52. The van der Waals surface area contributed by atoms with Crippen molar-refractivity contribution in [3.63, 3.8) is 0 Å². The molecule has 0 atom stereocenters. The highest BCUT2D eigenvalue weighted by atomic mass is 32.1. The number of hydrogen-bond donors (Lipinski definition) is 0. The Morgan fingerprint density at radius 3 is 2.50 bits per heavy atom. The van der Waals surface area contributed by atoms with Crippen molar-refractivity contribution in [1.29, 1.82) is 0 Å². The quantitative estimate of drug-likeness (QED) is 0.572. The molecule has 0 aliphatic rings. The highest BCUT2D eigenvalue weighted by Crippen LogP contribution is 2.29. The third kappa shape index (κ3) is 1.05. The lowest BCUT2D eigenvalue weighted by Crippen LogP contribution is -1.77. The molecule has 0 aliphatic carbocycles. The van der Waals surface area contributed by atoms with Gasteiger partial charge in [0.1, 0.15) is 0 Å². The maximum atomic E-state index is 2.27. The van der Waals surface area contributed by atoms with Crippen molar-refractivity contribution in [2.24, 2.45) is 0 Å². The lowest BCUT2D eigenvalue weighted by molar-refractivity contribution is 1.43. The van der Waals surface area contributed by atoms with Gasteiger partial charge in [0.15, 0.2) is 0 Å². The van der Waals surface area contributed by atoms with Gasteiger partial charge in [-0.15, -0.1) is 11.3 Å². The highest BCUT2D eigenvalue weighted by molar-refractivity contribution is 7.17. The van der Waals surface area contributed by atoms with Gasteiger partial charge in [0.05, 0.1) is 0 Å². The van der Waals surface area contributed by atoms with Crippen LogP contribution in [0.1, 0.15) is 16.7 Å². The van der Waals surface area contributed by atoms with E-state index in [9.17, 15) is 0 Å². The second kappa shape index (κ2) is 2.60. The minimum Gasteiger partial charge on any atom is -0.143 e. The molecule has 0 aliphatic heterocycles. The van der Waals surface area contributed by atoms with Gasteiger partial charge >= 0.3 is 0 Å². The zero-order valence-electron chi connectivity index (χ0n) is 7.64. The van der Waals surface area contributed by atoms with Crippen LogP contribution in [0.2, 0.25) is 0 Å². The fourth-order valence-electron chi connectivity index (χ4n) is 1.61. The first kappa shape index (κ1) is 7.81. The van der Waals surface area contributed by atoms with Crippen molar-refractivity contribution in [3.05, 3.63) is 34.2 Å². The predicted molar refractivity (Wildman–Crippen MR) is 56.0 cm³/mol. The summed E-state index contributed by atoms with van der Waals surface area (Å²) in [4.78, 5) is 0. The first-order valence-electron chi connectivity index (χ1n) is 4.13. The molecule has 0 saturated heterocycles. The normalized spacial score (nSPS) is 10.9. The minimum absolute atomic E-state index is 1.36. The maximum absolute atomic E-state index is 2.27. The number of benzene rings is 1. The van der Waals surface area contributed by atoms with Crippen LogP contribution in [-0.2, 0) is 0 Å². The third-order valence-electron chi connectivity index (χ3n) is 2.20. The molecule has 0 bridgehead atoms. The summed E-state index contributed by atoms with van der Waals surface area (Å²) in [5.41, 5.74) is 4.17. The number of rotatable bonds is 0. The van der Waals surface area contributed by atoms with E-state index in [0.29, 0.717) is 0 Å². The van der Waals surface area contributed by atoms with Gasteiger partial charge in [0.25, 0.3) is 0 Å². The lowest BCUT2D eigenvalue weighted by Gasteiger charge is -1.98. The van der Waals surface area contributed by atoms with Crippen LogP contribution >= 0.6 is 11.3 Å². The van der Waals surface area contributed by atoms with E-state index in [4.69, 9.17) is 0 Å². The molecule has 0 radical (unpaired) electrons. The van der Waals surface area contributed by atoms with Gasteiger partial charge in [-0.2, -0.15) is 0 Å². The Morgan fingerprint density at radius 1 is 1.00 bits per heavy atom. The molecule has 0 nitrogen and oxygen atoms in total. The minimum atomic E-state index is 1.36. The molecule has 0 spiro atoms. The average Bonchev–Trinajstić information content (AvgIpc) is 2.33. The molecule has 2 rings (SSSR count). The first-order valence-corrected chi connectivity index (χ1v) is 5.01. The van der Waals surface area contributed by atoms with Crippen LogP contribution < -0.4 is 0 Å². The number of aryl methyl sites for hydroxylation is 3. The monoisotopic (exact) mass is 176 g/mol. The Hall–Kier alpha value is -0.820. The summed E-state index contributed by atoms with van der Waals surface area (Å²) < 4.78 is 1.44. The fourth-order valence-corrected chi connectivity index (χ4v) is 2.63. The fraction of sp³-hybridized carbons (Fsp3) is 0.273. The second-order valence-corrected chi connectivity index (χ2v) is 4.26. The molecule has 2 aromatic rings. The number of thiophene rings is 1. The molecular formula is C11H12S. The van der Waals surface area contributed by atoms with E-state index in [0.717, 1.165) is 0 Å². The Morgan fingerprint density at radius 2 is 1.75 bits per heavy atom. The summed E-state index contributed by atoms with van der Waals surface area (Å²) in [5, 5.41) is 3.66. The zero-order chi connectivity index (χ0) is 8.72. The number of fused-ring (bicyclic) bond motifs is 1. The largest absolute Gasteiger partial charge is 0.143 e. The first-order chi connectivity index (χ1) is 5.68. The molecule has 1 aromatic carbocycles. The van der Waals surface area contributed by atoms with Crippen molar-refractivity contribution in [2.75, 3.05) is 0 Å². The Kier molecular flexibility index (Phi) is 1.69. The summed E-state index contributed by atoms with van der Waals surface area (Å²) in [6.45, 7) is 6.52. The van der Waals surface area contributed by atoms with Crippen molar-refractivity contribution in [3.8, 4) is 0 Å². The van der Waals surface area contributed by atoms with Gasteiger partial charge in [-0.05, 0) is 42.7 Å². The van der Waals surface area contributed by atoms with Crippen molar-refractivity contribution in [1.82, 2.24) is 0 Å². The van der Waals surface area contributed by atoms with Gasteiger partial charge in [-0.3, -0.25) is 0 Å². The molecule has 1 aromatic heterocycles. The third-order valence-corrected chi connectivity index (χ3v) is 3.45. The van der Waals surface area contributed by atoms with Crippen molar-refractivity contribution >= 4 is 21.4 Å². The van der Waals surface area contributed by atoms with Crippen LogP contribution in [-0.4, -0.2) is 0 Å². The summed E-state index contributed by atoms with van der Waals surface area (Å²) in [6.07, 6.45) is 0. The molecule has 1 heterocycles. The summed E-state index contributed by atoms with van der Waals surface area (Å²) in [5.74, 6) is 0. The molecule has 0 fully saturated rings. The topological polar surface area (TPSA) is 0 Å². The Balaban J connectivity index is 2.92. The molecule has 12 heavy (non-hydrogen) atoms. The number of hydrogen-bond acceptors (Lipinski definition) is 1. The molecule has 62 valence electrons. The van der Waals surface area contributed by atoms with Gasteiger partial charge in [0, 0.05) is 4.70 Å². The SMILES string of the molecule is Cc1cc(C)c2scc(C)c2c1. The van der Waals surface area contributed by atoms with Crippen LogP contribution in [0.4, 0.5) is 0 Å². The Labute approximate surface area is 76.8 Å². The van der Waals surface area contributed by atoms with Gasteiger partial charge in [0.2, 0.25) is 0 Å². The van der Waals surface area contributed by atoms with Crippen molar-refractivity contribution < 1.29 is 0 Å². The van der Waals surface area contributed by atoms with E-state index in [1.807, 2.05) is 11.3 Å². The van der Waals surface area contributed by atoms with Crippen LogP contribution in [0.25, 0.3) is 10.1 Å². The van der Waals surface area contributed by atoms with E-state index in [2.05, 4.69) is 38.3 Å². The molecule has 0 unspecified atom stereocenters. The molecule has 0 saturated carbocycles. The van der Waals surface area contributed by atoms with Crippen molar-refractivity contribution in [2.45, 2.75) is 20.8 Å². The average molecular weight is 176 g/mol. The predicted octanol–water partition coefficient (Wildman–Crippen LogP) is 3.83. The molecule has 0 amide bonds. The van der Waals surface area contributed by atoms with E-state index in [1.165, 1.54) is 26.8 Å². The Bertz CT molecular complexity index is 424. The van der Waals surface area contributed by atoms with Gasteiger partial charge in [-0.25, -0.2) is 0 Å². The van der Waals surface area contributed by atoms with E-state index < -0.39 is 0 Å². The van der Waals surface area contributed by atoms with Crippen LogP contribution in [0.15, 0.2) is 17.5 Å². The van der Waals surface area contributed by atoms with Crippen LogP contribution in [0.5, 0.6) is 0 Å². The van der Waals surface area contributed by atoms with E-state index in [1.54, 1.807) is 0 Å². The van der Waals surface area contributed by atoms with Gasteiger partial charge < -0.3 is 0 Å².